The lowest BCUT2D eigenvalue weighted by atomic mass is 9.68. The number of carbonyl (C=O) groups excluding carboxylic acids is 2. The van der Waals surface area contributed by atoms with Crippen LogP contribution in [0.1, 0.15) is 262 Å². The van der Waals surface area contributed by atoms with Crippen LogP contribution in [-0.4, -0.2) is 182 Å². The Morgan fingerprint density at radius 1 is 0.711 bits per heavy atom. The van der Waals surface area contributed by atoms with Crippen molar-refractivity contribution in [3.05, 3.63) is 0 Å². The van der Waals surface area contributed by atoms with Crippen molar-refractivity contribution < 1.29 is 58.8 Å². The predicted octanol–water partition coefficient (Wildman–Crippen LogP) is 12.4. The average Bonchev–Trinajstić information content (AvgIpc) is 3.71. The molecule has 15 heteroatoms. The smallest absolute Gasteiger partial charge is 0.309 e. The van der Waals surface area contributed by atoms with Crippen molar-refractivity contribution in [3.63, 3.8) is 0 Å². The lowest BCUT2D eigenvalue weighted by molar-refractivity contribution is -0.302. The number of carbonyl (C=O) groups is 2. The van der Waals surface area contributed by atoms with E-state index >= 15 is 0 Å². The Hall–Kier alpha value is -1.03. The fraction of sp³-hybridized carbons (Fsp3) is 0.971. The molecule has 0 spiro atoms. The molecule has 6 aliphatic rings. The fourth-order valence-electron chi connectivity index (χ4n) is 17.7. The number of esters is 1. The largest absolute Gasteiger partial charge is 0.459 e. The Morgan fingerprint density at radius 3 is 1.71 bits per heavy atom. The molecule has 0 bridgehead atoms. The van der Waals surface area contributed by atoms with Crippen molar-refractivity contribution in [1.82, 2.24) is 9.80 Å². The van der Waals surface area contributed by atoms with Gasteiger partial charge in [0.15, 0.2) is 6.29 Å². The van der Waals surface area contributed by atoms with Crippen molar-refractivity contribution in [1.29, 1.82) is 0 Å². The molecule has 14 nitrogen and oxygen atoms in total. The van der Waals surface area contributed by atoms with Gasteiger partial charge in [0, 0.05) is 45.7 Å². The van der Waals surface area contributed by atoms with Gasteiger partial charge in [-0.25, -0.2) is 0 Å². The van der Waals surface area contributed by atoms with Crippen molar-refractivity contribution in [2.45, 2.75) is 363 Å². The van der Waals surface area contributed by atoms with Crippen LogP contribution >= 0.6 is 7.26 Å². The van der Waals surface area contributed by atoms with Crippen LogP contribution in [0.4, 0.5) is 0 Å². The molecule has 6 fully saturated rings. The molecule has 3 aliphatic heterocycles. The Labute approximate surface area is 506 Å². The van der Waals surface area contributed by atoms with E-state index < -0.39 is 103 Å². The minimum atomic E-state index is -1.96. The number of hydrogen-bond acceptors (Lipinski definition) is 13. The van der Waals surface area contributed by atoms with Crippen LogP contribution in [0.3, 0.4) is 0 Å². The third-order valence-electron chi connectivity index (χ3n) is 22.5. The predicted molar refractivity (Wildman–Crippen MR) is 335 cm³/mol. The first-order valence-electron chi connectivity index (χ1n) is 34.4. The number of nitrogens with zero attached hydrogens (tertiary/aromatic N) is 2. The van der Waals surface area contributed by atoms with Gasteiger partial charge in [0.25, 0.3) is 0 Å². The highest BCUT2D eigenvalue weighted by Gasteiger charge is 2.58. The van der Waals surface area contributed by atoms with Crippen molar-refractivity contribution in [2.75, 3.05) is 33.9 Å². The summed E-state index contributed by atoms with van der Waals surface area (Å²) < 4.78 is 32.2. The molecule has 0 radical (unpaired) electrons. The molecule has 0 aromatic heterocycles. The first-order chi connectivity index (χ1) is 39.3. The number of cyclic esters (lactones) is 1. The Balaban J connectivity index is 1.12. The molecule has 3 aliphatic carbocycles. The lowest BCUT2D eigenvalue weighted by Crippen LogP contribution is -2.61. The molecule has 0 aromatic rings. The summed E-state index contributed by atoms with van der Waals surface area (Å²) in [5, 5.41) is 61.0. The summed E-state index contributed by atoms with van der Waals surface area (Å²) in [7, 11) is 4.36. The summed E-state index contributed by atoms with van der Waals surface area (Å²) in [4.78, 5) is 33.1. The quantitative estimate of drug-likeness (QED) is 0.0392. The van der Waals surface area contributed by atoms with E-state index in [1.54, 1.807) is 91.3 Å². The number of likely N-dealkylation sites (N-methyl/N-ethyl adjacent to an activating group) is 1. The summed E-state index contributed by atoms with van der Waals surface area (Å²) in [6.07, 6.45) is 28.8. The summed E-state index contributed by atoms with van der Waals surface area (Å²) in [5.41, 5.74) is -1.43. The molecule has 6 rings (SSSR count). The van der Waals surface area contributed by atoms with Gasteiger partial charge in [-0.1, -0.05) is 91.9 Å². The maximum atomic E-state index is 14.8. The lowest BCUT2D eigenvalue weighted by Gasteiger charge is -2.51. The van der Waals surface area contributed by atoms with Crippen molar-refractivity contribution in [3.8, 4) is 0 Å². The topological polar surface area (TPSA) is 188 Å². The van der Waals surface area contributed by atoms with Gasteiger partial charge < -0.3 is 59.0 Å². The number of hydrogen-bond donors (Lipinski definition) is 5. The van der Waals surface area contributed by atoms with Crippen molar-refractivity contribution in [2.24, 2.45) is 23.7 Å². The minimum Gasteiger partial charge on any atom is -0.459 e. The number of ether oxygens (including phenoxy) is 5. The third-order valence-corrected chi connectivity index (χ3v) is 29.3. The monoisotopic (exact) mass is 1190 g/mol. The van der Waals surface area contributed by atoms with Gasteiger partial charge in [0.2, 0.25) is 5.91 Å². The Morgan fingerprint density at radius 2 is 1.22 bits per heavy atom. The maximum absolute atomic E-state index is 14.8. The number of amides is 1. The SMILES string of the molecule is CC[C@H]1OC(=O)[C@H](C)[C@@H](C2C[C@@](C)(OC)[C@@H](O)[C@H](C)O2)[C@H](C)[C@@H](O[C@@H]2O[C@H](C)C[C@H](N(C)C)[C@H]2O)[C@](C)(O)C[C@@H](C)CN(C(=O)CCCCCCCCCCCC[P+](C2CCCCC2)(C2CCCCC2)C2CCCCC2)[C@H](C)[C@@H](O)[C@]1(C)O. The van der Waals surface area contributed by atoms with Gasteiger partial charge in [-0.2, -0.15) is 0 Å². The number of aliphatic hydroxyl groups is 5. The third kappa shape index (κ3) is 17.9. The van der Waals surface area contributed by atoms with Crippen LogP contribution in [0.2, 0.25) is 0 Å². The van der Waals surface area contributed by atoms with Crippen LogP contribution in [0.25, 0.3) is 0 Å². The number of aliphatic hydroxyl groups excluding tert-OH is 3. The van der Waals surface area contributed by atoms with E-state index in [0.717, 1.165) is 36.2 Å². The number of rotatable bonds is 22. The van der Waals surface area contributed by atoms with E-state index in [0.29, 0.717) is 12.8 Å². The molecular weight excluding hydrogens is 1070 g/mol. The first-order valence-corrected chi connectivity index (χ1v) is 36.6. The summed E-state index contributed by atoms with van der Waals surface area (Å²) >= 11 is 0. The fourth-order valence-corrected chi connectivity index (χ4v) is 25.4. The summed E-state index contributed by atoms with van der Waals surface area (Å²) in [6.45, 7) is 18.1. The molecule has 18 atom stereocenters. The molecule has 3 saturated carbocycles. The summed E-state index contributed by atoms with van der Waals surface area (Å²) in [5.74, 6) is -3.50. The van der Waals surface area contributed by atoms with Gasteiger partial charge in [-0.15, -0.1) is 0 Å². The van der Waals surface area contributed by atoms with E-state index in [1.807, 2.05) is 46.7 Å². The average molecular weight is 1190 g/mol. The molecule has 5 N–H and O–H groups in total. The second-order valence-electron chi connectivity index (χ2n) is 29.2. The summed E-state index contributed by atoms with van der Waals surface area (Å²) in [6, 6.07) is -1.18. The second kappa shape index (κ2) is 32.6. The highest BCUT2D eigenvalue weighted by atomic mass is 31.2. The van der Waals surface area contributed by atoms with Gasteiger partial charge in [-0.3, -0.25) is 9.59 Å². The maximum Gasteiger partial charge on any atom is 0.309 e. The van der Waals surface area contributed by atoms with E-state index in [2.05, 4.69) is 0 Å². The normalized spacial score (nSPS) is 39.5. The number of unbranched alkanes of at least 4 members (excludes halogenated alkanes) is 9. The molecule has 83 heavy (non-hydrogen) atoms. The van der Waals surface area contributed by atoms with E-state index in [1.165, 1.54) is 103 Å². The highest BCUT2D eigenvalue weighted by molar-refractivity contribution is 7.77. The number of methoxy groups -OCH3 is 1. The highest BCUT2D eigenvalue weighted by Crippen LogP contribution is 2.77. The van der Waals surface area contributed by atoms with Crippen LogP contribution < -0.4 is 0 Å². The van der Waals surface area contributed by atoms with Crippen LogP contribution in [-0.2, 0) is 33.3 Å². The molecule has 0 aromatic carbocycles. The zero-order valence-electron chi connectivity index (χ0n) is 55.0. The van der Waals surface area contributed by atoms with Gasteiger partial charge in [0.1, 0.15) is 30.0 Å². The van der Waals surface area contributed by atoms with Crippen LogP contribution in [0.5, 0.6) is 0 Å². The van der Waals surface area contributed by atoms with E-state index in [4.69, 9.17) is 23.7 Å². The standard InChI is InChI=1S/C68H126N2O12P/c1-14-57-68(10,77)61(73)50(6)70(58(71)40-32-21-19-17-15-16-18-20-22-33-41-83(52-34-26-23-27-35-52,53-36-28-24-29-37-53)54-38-30-25-31-39-54)45-46(2)43-66(8,76)63(82-65-60(72)55(69(11)12)42-47(3)79-65)48(4)59(49(5)64(75)81-57)56-44-67(9,78-13)62(74)51(7)80-56/h46-57,59-63,65,72-74,76-77H,14-45H2,1-13H3/q+1/t46-,47-,48+,49-,50-,51+,55+,56?,57-,59+,60-,61-,62+,63-,65+,66-,67-,68-/m1/s1. The zero-order chi connectivity index (χ0) is 60.9. The van der Waals surface area contributed by atoms with Gasteiger partial charge >= 0.3 is 5.97 Å². The van der Waals surface area contributed by atoms with Crippen LogP contribution in [0.15, 0.2) is 0 Å². The molecule has 484 valence electrons. The van der Waals surface area contributed by atoms with E-state index in [9.17, 15) is 35.1 Å². The minimum absolute atomic E-state index is 0.129. The second-order valence-corrected chi connectivity index (χ2v) is 33.9. The molecule has 1 amide bonds. The van der Waals surface area contributed by atoms with Crippen molar-refractivity contribution >= 4 is 19.1 Å². The van der Waals surface area contributed by atoms with Gasteiger partial charge in [-0.05, 0) is 183 Å². The van der Waals surface area contributed by atoms with E-state index in [-0.39, 0.29) is 56.2 Å². The zero-order valence-corrected chi connectivity index (χ0v) is 55.8. The Bertz CT molecular complexity index is 1860. The molecule has 3 heterocycles. The molecule has 3 saturated heterocycles. The first kappa shape index (κ1) is 71.1. The Kier molecular flexibility index (Phi) is 27.9. The van der Waals surface area contributed by atoms with Gasteiger partial charge in [0.05, 0.1) is 70.7 Å². The molecule has 1 unspecified atom stereocenters. The van der Waals surface area contributed by atoms with Crippen LogP contribution in [0, 0.1) is 23.7 Å². The molecular formula is C68H126N2O12P+.